The maximum Gasteiger partial charge on any atom is 0.228 e. The number of aromatic amines is 1. The lowest BCUT2D eigenvalue weighted by Gasteiger charge is -2.31. The molecule has 2 bridgehead atoms. The quantitative estimate of drug-likeness (QED) is 0.417. The van der Waals surface area contributed by atoms with Crippen molar-refractivity contribution in [2.24, 2.45) is 22.1 Å². The molecule has 9 nitrogen and oxygen atoms in total. The number of pyridine rings is 1. The maximum atomic E-state index is 13.4. The third-order valence-corrected chi connectivity index (χ3v) is 9.27. The fourth-order valence-electron chi connectivity index (χ4n) is 7.32. The molecular weight excluding hydrogens is 454 g/mol. The van der Waals surface area contributed by atoms with Crippen LogP contribution in [0.4, 0.5) is 0 Å². The third-order valence-electron chi connectivity index (χ3n) is 9.27. The van der Waals surface area contributed by atoms with Crippen molar-refractivity contribution in [1.29, 1.82) is 0 Å². The first-order valence-corrected chi connectivity index (χ1v) is 13.3. The van der Waals surface area contributed by atoms with Crippen LogP contribution in [0.2, 0.25) is 0 Å². The Morgan fingerprint density at radius 3 is 2.69 bits per heavy atom. The number of fused-ring (bicyclic) bond motifs is 5. The van der Waals surface area contributed by atoms with Crippen LogP contribution in [0.25, 0.3) is 22.1 Å². The van der Waals surface area contributed by atoms with E-state index in [9.17, 15) is 9.59 Å². The minimum absolute atomic E-state index is 0.0299. The molecule has 3 aromatic rings. The highest BCUT2D eigenvalue weighted by Gasteiger charge is 2.57. The van der Waals surface area contributed by atoms with E-state index in [1.807, 2.05) is 12.3 Å². The SMILES string of the molecule is C=NCC[C@H]1CC[C@H](n2c(CC(=O)NC34CCC(C(N)=O)(CC3)C4)nc3cnc4[nH]ccc4c32)CC1. The summed E-state index contributed by atoms with van der Waals surface area (Å²) >= 11 is 0. The molecule has 0 aliphatic heterocycles. The Hall–Kier alpha value is -3.23. The molecule has 0 radical (unpaired) electrons. The van der Waals surface area contributed by atoms with Crippen molar-refractivity contribution < 1.29 is 9.59 Å². The number of hydrogen-bond donors (Lipinski definition) is 3. The number of carbonyl (C=O) groups is 2. The van der Waals surface area contributed by atoms with Crippen LogP contribution in [0.5, 0.6) is 0 Å². The molecule has 36 heavy (non-hydrogen) atoms. The Morgan fingerprint density at radius 2 is 2.00 bits per heavy atom. The summed E-state index contributed by atoms with van der Waals surface area (Å²) in [6, 6.07) is 2.35. The number of nitrogens with zero attached hydrogens (tertiary/aromatic N) is 4. The molecule has 2 amide bonds. The van der Waals surface area contributed by atoms with E-state index >= 15 is 0 Å². The van der Waals surface area contributed by atoms with E-state index in [4.69, 9.17) is 10.7 Å². The first-order chi connectivity index (χ1) is 17.4. The van der Waals surface area contributed by atoms with Crippen LogP contribution < -0.4 is 11.1 Å². The Morgan fingerprint density at radius 1 is 1.22 bits per heavy atom. The van der Waals surface area contributed by atoms with Crippen LogP contribution in [0.1, 0.15) is 76.1 Å². The molecule has 4 N–H and O–H groups in total. The van der Waals surface area contributed by atoms with Gasteiger partial charge in [-0.3, -0.25) is 9.59 Å². The zero-order valence-electron chi connectivity index (χ0n) is 20.8. The van der Waals surface area contributed by atoms with Gasteiger partial charge < -0.3 is 25.6 Å². The number of H-pyrrole nitrogens is 1. The number of nitrogens with two attached hydrogens (primary N) is 1. The second-order valence-electron chi connectivity index (χ2n) is 11.4. The van der Waals surface area contributed by atoms with Gasteiger partial charge in [0.2, 0.25) is 11.8 Å². The van der Waals surface area contributed by atoms with E-state index in [2.05, 4.69) is 31.6 Å². The van der Waals surface area contributed by atoms with Gasteiger partial charge >= 0.3 is 0 Å². The topological polar surface area (TPSA) is 131 Å². The molecule has 0 unspecified atom stereocenters. The molecule has 3 aliphatic carbocycles. The number of aromatic nitrogens is 4. The molecule has 0 saturated heterocycles. The lowest BCUT2D eigenvalue weighted by atomic mass is 9.83. The highest BCUT2D eigenvalue weighted by molar-refractivity contribution is 6.01. The lowest BCUT2D eigenvalue weighted by molar-refractivity contribution is -0.127. The van der Waals surface area contributed by atoms with Gasteiger partial charge in [-0.15, -0.1) is 0 Å². The van der Waals surface area contributed by atoms with E-state index in [1.54, 1.807) is 6.20 Å². The standard InChI is InChI=1S/C27H35N7O2/c1-29-12-6-17-2-4-18(5-3-17)34-21(32-20-15-31-24-19(23(20)34)7-13-30-24)14-22(35)33-27-10-8-26(16-27,9-11-27)25(28)36/h7,13,15,17-18H,1-6,8-12,14,16H2,(H2,28,36)(H,30,31)(H,33,35)/t17-,18-,26?,27?. The van der Waals surface area contributed by atoms with E-state index in [0.717, 1.165) is 92.2 Å². The molecular formula is C27H35N7O2. The molecule has 9 heteroatoms. The van der Waals surface area contributed by atoms with Crippen LogP contribution in [-0.2, 0) is 16.0 Å². The zero-order chi connectivity index (χ0) is 24.9. The Kier molecular flexibility index (Phi) is 5.61. The molecule has 0 atom stereocenters. The smallest absolute Gasteiger partial charge is 0.228 e. The molecule has 3 aliphatic rings. The summed E-state index contributed by atoms with van der Waals surface area (Å²) in [5, 5.41) is 4.35. The molecule has 3 saturated carbocycles. The van der Waals surface area contributed by atoms with E-state index in [-0.39, 0.29) is 23.8 Å². The van der Waals surface area contributed by atoms with Gasteiger partial charge in [0.1, 0.15) is 17.0 Å². The normalized spacial score (nSPS) is 29.7. The van der Waals surface area contributed by atoms with Gasteiger partial charge in [0.05, 0.1) is 23.5 Å². The third kappa shape index (κ3) is 3.79. The second kappa shape index (κ2) is 8.71. The first kappa shape index (κ1) is 23.2. The minimum Gasteiger partial charge on any atom is -0.369 e. The number of amides is 2. The Balaban J connectivity index is 1.28. The van der Waals surface area contributed by atoms with Crippen LogP contribution in [-0.4, -0.2) is 50.1 Å². The van der Waals surface area contributed by atoms with Gasteiger partial charge in [0, 0.05) is 29.7 Å². The molecule has 3 heterocycles. The summed E-state index contributed by atoms with van der Waals surface area (Å²) in [5.41, 5.74) is 7.70. The summed E-state index contributed by atoms with van der Waals surface area (Å²) in [4.78, 5) is 42.2. The van der Waals surface area contributed by atoms with Crippen LogP contribution >= 0.6 is 0 Å². The zero-order valence-corrected chi connectivity index (χ0v) is 20.8. The van der Waals surface area contributed by atoms with Gasteiger partial charge in [-0.25, -0.2) is 9.97 Å². The van der Waals surface area contributed by atoms with Crippen molar-refractivity contribution in [3.63, 3.8) is 0 Å². The van der Waals surface area contributed by atoms with Crippen molar-refractivity contribution >= 4 is 40.6 Å². The van der Waals surface area contributed by atoms with E-state index in [0.29, 0.717) is 18.4 Å². The van der Waals surface area contributed by atoms with Crippen LogP contribution in [0.3, 0.4) is 0 Å². The van der Waals surface area contributed by atoms with E-state index < -0.39 is 5.41 Å². The number of nitrogens with one attached hydrogen (secondary N) is 2. The number of imidazole rings is 1. The van der Waals surface area contributed by atoms with Crippen molar-refractivity contribution in [3.05, 3.63) is 24.3 Å². The maximum absolute atomic E-state index is 13.4. The van der Waals surface area contributed by atoms with Gasteiger partial charge in [-0.1, -0.05) is 0 Å². The summed E-state index contributed by atoms with van der Waals surface area (Å²) in [5.74, 6) is 1.22. The highest BCUT2D eigenvalue weighted by atomic mass is 16.2. The largest absolute Gasteiger partial charge is 0.369 e. The molecule has 3 fully saturated rings. The van der Waals surface area contributed by atoms with Gasteiger partial charge in [0.15, 0.2) is 0 Å². The molecule has 190 valence electrons. The fourth-order valence-corrected chi connectivity index (χ4v) is 7.32. The van der Waals surface area contributed by atoms with Crippen molar-refractivity contribution in [1.82, 2.24) is 24.8 Å². The molecule has 0 spiro atoms. The molecule has 0 aromatic carbocycles. The van der Waals surface area contributed by atoms with Crippen molar-refractivity contribution in [3.8, 4) is 0 Å². The summed E-state index contributed by atoms with van der Waals surface area (Å²) in [6.45, 7) is 4.45. The van der Waals surface area contributed by atoms with Crippen LogP contribution in [0, 0.1) is 11.3 Å². The molecule has 6 rings (SSSR count). The summed E-state index contributed by atoms with van der Waals surface area (Å²) < 4.78 is 2.32. The fraction of sp³-hybridized carbons (Fsp3) is 0.593. The Labute approximate surface area is 210 Å². The van der Waals surface area contributed by atoms with Crippen molar-refractivity contribution in [2.45, 2.75) is 82.2 Å². The van der Waals surface area contributed by atoms with Gasteiger partial charge in [-0.05, 0) is 82.9 Å². The van der Waals surface area contributed by atoms with Gasteiger partial charge in [0.25, 0.3) is 0 Å². The second-order valence-corrected chi connectivity index (χ2v) is 11.4. The number of primary amides is 1. The average Bonchev–Trinajstić information content (AvgIpc) is 3.64. The highest BCUT2D eigenvalue weighted by Crippen LogP contribution is 2.56. The minimum atomic E-state index is -0.439. The number of aliphatic imine (C=N–C) groups is 1. The predicted octanol–water partition coefficient (Wildman–Crippen LogP) is 3.58. The first-order valence-electron chi connectivity index (χ1n) is 13.3. The van der Waals surface area contributed by atoms with Crippen molar-refractivity contribution in [2.75, 3.05) is 6.54 Å². The van der Waals surface area contributed by atoms with Gasteiger partial charge in [-0.2, -0.15) is 0 Å². The van der Waals surface area contributed by atoms with E-state index in [1.165, 1.54) is 0 Å². The summed E-state index contributed by atoms with van der Waals surface area (Å²) in [7, 11) is 0. The number of rotatable bonds is 8. The Bertz CT molecular complexity index is 1320. The monoisotopic (exact) mass is 489 g/mol. The molecule has 3 aromatic heterocycles. The van der Waals surface area contributed by atoms with Crippen LogP contribution in [0.15, 0.2) is 23.5 Å². The average molecular weight is 490 g/mol. The summed E-state index contributed by atoms with van der Waals surface area (Å²) in [6.07, 6.45) is 13.2. The number of hydrogen-bond acceptors (Lipinski definition) is 5. The lowest BCUT2D eigenvalue weighted by Crippen LogP contribution is -2.46. The predicted molar refractivity (Wildman–Crippen MR) is 139 cm³/mol. The number of carbonyl (C=O) groups excluding carboxylic acids is 2.